The number of unbranched alkanes of at least 4 members (excludes halogenated alkanes) is 1. The number of nitrogens with one attached hydrogen (secondary N) is 1. The fourth-order valence-corrected chi connectivity index (χ4v) is 1.65. The summed E-state index contributed by atoms with van der Waals surface area (Å²) < 4.78 is 5.17. The van der Waals surface area contributed by atoms with Gasteiger partial charge in [0.2, 0.25) is 0 Å². The lowest BCUT2D eigenvalue weighted by Crippen LogP contribution is -2.14. The third-order valence-corrected chi connectivity index (χ3v) is 2.63. The summed E-state index contributed by atoms with van der Waals surface area (Å²) in [6.45, 7) is 2.06. The molecular formula is C13H23N3O. The van der Waals surface area contributed by atoms with Crippen LogP contribution in [0, 0.1) is 0 Å². The highest BCUT2D eigenvalue weighted by molar-refractivity contribution is 5.72. The van der Waals surface area contributed by atoms with Gasteiger partial charge in [0, 0.05) is 6.54 Å². The number of ether oxygens (including phenoxy) is 1. The van der Waals surface area contributed by atoms with Crippen molar-refractivity contribution in [1.29, 1.82) is 0 Å². The Morgan fingerprint density at radius 1 is 1.29 bits per heavy atom. The van der Waals surface area contributed by atoms with Crippen LogP contribution in [0.15, 0.2) is 18.2 Å². The van der Waals surface area contributed by atoms with Gasteiger partial charge < -0.3 is 20.7 Å². The molecule has 0 aliphatic heterocycles. The first kappa shape index (κ1) is 13.6. The van der Waals surface area contributed by atoms with Crippen LogP contribution in [-0.2, 0) is 0 Å². The number of methoxy groups -OCH3 is 1. The van der Waals surface area contributed by atoms with E-state index in [1.54, 1.807) is 7.11 Å². The molecule has 0 radical (unpaired) electrons. The Morgan fingerprint density at radius 3 is 2.71 bits per heavy atom. The highest BCUT2D eigenvalue weighted by Crippen LogP contribution is 2.28. The van der Waals surface area contributed by atoms with Crippen molar-refractivity contribution in [1.82, 2.24) is 4.90 Å². The van der Waals surface area contributed by atoms with Gasteiger partial charge in [-0.15, -0.1) is 0 Å². The highest BCUT2D eigenvalue weighted by Gasteiger charge is 2.03. The molecule has 1 rings (SSSR count). The van der Waals surface area contributed by atoms with Crippen LogP contribution in [0.4, 0.5) is 11.4 Å². The van der Waals surface area contributed by atoms with E-state index in [4.69, 9.17) is 10.5 Å². The molecule has 4 heteroatoms. The molecule has 0 bridgehead atoms. The first-order valence-electron chi connectivity index (χ1n) is 5.96. The molecule has 0 fully saturated rings. The first-order chi connectivity index (χ1) is 8.15. The van der Waals surface area contributed by atoms with E-state index in [0.29, 0.717) is 5.69 Å². The molecule has 0 aliphatic rings. The Morgan fingerprint density at radius 2 is 2.06 bits per heavy atom. The summed E-state index contributed by atoms with van der Waals surface area (Å²) in [7, 11) is 5.81. The van der Waals surface area contributed by atoms with E-state index in [0.717, 1.165) is 30.9 Å². The molecular weight excluding hydrogens is 214 g/mol. The topological polar surface area (TPSA) is 50.5 Å². The monoisotopic (exact) mass is 237 g/mol. The maximum atomic E-state index is 5.96. The van der Waals surface area contributed by atoms with Gasteiger partial charge in [-0.3, -0.25) is 0 Å². The van der Waals surface area contributed by atoms with E-state index in [-0.39, 0.29) is 0 Å². The first-order valence-corrected chi connectivity index (χ1v) is 5.96. The normalized spacial score (nSPS) is 10.6. The second kappa shape index (κ2) is 7.01. The summed E-state index contributed by atoms with van der Waals surface area (Å²) in [5.41, 5.74) is 7.60. The minimum Gasteiger partial charge on any atom is -0.495 e. The van der Waals surface area contributed by atoms with Gasteiger partial charge in [0.1, 0.15) is 5.75 Å². The molecule has 17 heavy (non-hydrogen) atoms. The lowest BCUT2D eigenvalue weighted by molar-refractivity contribution is 0.396. The molecule has 3 N–H and O–H groups in total. The van der Waals surface area contributed by atoms with Crippen molar-refractivity contribution < 1.29 is 4.74 Å². The van der Waals surface area contributed by atoms with E-state index < -0.39 is 0 Å². The predicted molar refractivity (Wildman–Crippen MR) is 73.7 cm³/mol. The Kier molecular flexibility index (Phi) is 5.63. The fraction of sp³-hybridized carbons (Fsp3) is 0.538. The number of hydrogen-bond acceptors (Lipinski definition) is 4. The SMILES string of the molecule is COc1cccc(NCCCCN(C)C)c1N. The van der Waals surface area contributed by atoms with Gasteiger partial charge in [-0.1, -0.05) is 6.07 Å². The summed E-state index contributed by atoms with van der Waals surface area (Å²) in [6.07, 6.45) is 2.32. The van der Waals surface area contributed by atoms with Gasteiger partial charge in [-0.05, 0) is 45.6 Å². The molecule has 0 aromatic heterocycles. The lowest BCUT2D eigenvalue weighted by atomic mass is 10.2. The summed E-state index contributed by atoms with van der Waals surface area (Å²) in [5.74, 6) is 0.725. The molecule has 0 heterocycles. The highest BCUT2D eigenvalue weighted by atomic mass is 16.5. The number of hydrogen-bond donors (Lipinski definition) is 2. The van der Waals surface area contributed by atoms with Crippen molar-refractivity contribution in [2.24, 2.45) is 0 Å². The van der Waals surface area contributed by atoms with E-state index in [2.05, 4.69) is 24.3 Å². The molecule has 0 spiro atoms. The van der Waals surface area contributed by atoms with Gasteiger partial charge in [0.25, 0.3) is 0 Å². The van der Waals surface area contributed by atoms with Crippen LogP contribution in [0.25, 0.3) is 0 Å². The van der Waals surface area contributed by atoms with Crippen molar-refractivity contribution in [2.75, 3.05) is 45.3 Å². The van der Waals surface area contributed by atoms with Crippen LogP contribution in [-0.4, -0.2) is 39.2 Å². The van der Waals surface area contributed by atoms with Crippen LogP contribution in [0.5, 0.6) is 5.75 Å². The smallest absolute Gasteiger partial charge is 0.143 e. The Bertz CT molecular complexity index is 339. The second-order valence-corrected chi connectivity index (χ2v) is 4.36. The zero-order chi connectivity index (χ0) is 12.7. The quantitative estimate of drug-likeness (QED) is 0.563. The third-order valence-electron chi connectivity index (χ3n) is 2.63. The standard InChI is InChI=1S/C13H23N3O/c1-16(2)10-5-4-9-15-11-7-6-8-12(17-3)13(11)14/h6-8,15H,4-5,9-10,14H2,1-3H3. The van der Waals surface area contributed by atoms with Gasteiger partial charge >= 0.3 is 0 Å². The Balaban J connectivity index is 2.36. The number of rotatable bonds is 7. The van der Waals surface area contributed by atoms with Crippen LogP contribution < -0.4 is 15.8 Å². The number of nitrogens with zero attached hydrogens (tertiary/aromatic N) is 1. The van der Waals surface area contributed by atoms with Crippen LogP contribution in [0.3, 0.4) is 0 Å². The minimum absolute atomic E-state index is 0.683. The maximum absolute atomic E-state index is 5.96. The van der Waals surface area contributed by atoms with Crippen molar-refractivity contribution in [3.63, 3.8) is 0 Å². The predicted octanol–water partition coefficient (Wildman–Crippen LogP) is 2.03. The minimum atomic E-state index is 0.683. The fourth-order valence-electron chi connectivity index (χ4n) is 1.65. The Labute approximate surface area is 104 Å². The van der Waals surface area contributed by atoms with Crippen molar-refractivity contribution in [3.8, 4) is 5.75 Å². The molecule has 0 saturated heterocycles. The second-order valence-electron chi connectivity index (χ2n) is 4.36. The average molecular weight is 237 g/mol. The number of nitrogen functional groups attached to an aromatic ring is 1. The van der Waals surface area contributed by atoms with Gasteiger partial charge in [0.15, 0.2) is 0 Å². The van der Waals surface area contributed by atoms with E-state index in [1.165, 1.54) is 6.42 Å². The molecule has 0 saturated carbocycles. The zero-order valence-electron chi connectivity index (χ0n) is 11.0. The van der Waals surface area contributed by atoms with Gasteiger partial charge in [-0.25, -0.2) is 0 Å². The molecule has 0 unspecified atom stereocenters. The number of anilines is 2. The molecule has 0 atom stereocenters. The molecule has 96 valence electrons. The van der Waals surface area contributed by atoms with Crippen LogP contribution in [0.1, 0.15) is 12.8 Å². The van der Waals surface area contributed by atoms with Gasteiger partial charge in [-0.2, -0.15) is 0 Å². The molecule has 0 aliphatic carbocycles. The Hall–Kier alpha value is -1.42. The summed E-state index contributed by atoms with van der Waals surface area (Å²) in [4.78, 5) is 2.19. The van der Waals surface area contributed by atoms with Crippen molar-refractivity contribution in [3.05, 3.63) is 18.2 Å². The summed E-state index contributed by atoms with van der Waals surface area (Å²) >= 11 is 0. The largest absolute Gasteiger partial charge is 0.495 e. The van der Waals surface area contributed by atoms with E-state index >= 15 is 0 Å². The molecule has 4 nitrogen and oxygen atoms in total. The molecule has 0 amide bonds. The zero-order valence-corrected chi connectivity index (χ0v) is 11.0. The van der Waals surface area contributed by atoms with Crippen molar-refractivity contribution >= 4 is 11.4 Å². The maximum Gasteiger partial charge on any atom is 0.143 e. The lowest BCUT2D eigenvalue weighted by Gasteiger charge is -2.13. The third kappa shape index (κ3) is 4.53. The number of nitrogens with two attached hydrogens (primary N) is 1. The van der Waals surface area contributed by atoms with Crippen molar-refractivity contribution in [2.45, 2.75) is 12.8 Å². The van der Waals surface area contributed by atoms with E-state index in [9.17, 15) is 0 Å². The van der Waals surface area contributed by atoms with E-state index in [1.807, 2.05) is 18.2 Å². The average Bonchev–Trinajstić information content (AvgIpc) is 2.30. The van der Waals surface area contributed by atoms with Crippen LogP contribution in [0.2, 0.25) is 0 Å². The number of para-hydroxylation sites is 1. The van der Waals surface area contributed by atoms with Crippen LogP contribution >= 0.6 is 0 Å². The van der Waals surface area contributed by atoms with Gasteiger partial charge in [0.05, 0.1) is 18.5 Å². The summed E-state index contributed by atoms with van der Waals surface area (Å²) in [5, 5.41) is 3.34. The molecule has 1 aromatic rings. The summed E-state index contributed by atoms with van der Waals surface area (Å²) in [6, 6.07) is 5.79. The number of benzene rings is 1. The molecule has 1 aromatic carbocycles.